The van der Waals surface area contributed by atoms with Gasteiger partial charge in [-0.15, -0.1) is 11.8 Å². The predicted octanol–water partition coefficient (Wildman–Crippen LogP) is 3.02. The molecule has 2 N–H and O–H groups in total. The summed E-state index contributed by atoms with van der Waals surface area (Å²) in [6.45, 7) is 3.81. The van der Waals surface area contributed by atoms with Gasteiger partial charge >= 0.3 is 0 Å². The van der Waals surface area contributed by atoms with Crippen LogP contribution in [0, 0.1) is 6.92 Å². The molecule has 1 aromatic carbocycles. The maximum absolute atomic E-state index is 12.6. The minimum absolute atomic E-state index is 0.0864. The molecule has 0 radical (unpaired) electrons. The number of carbonyl (C=O) groups excluding carboxylic acids is 2. The number of anilines is 2. The number of fused-ring (bicyclic) bond motifs is 1. The van der Waals surface area contributed by atoms with Crippen LogP contribution in [0.2, 0.25) is 0 Å². The van der Waals surface area contributed by atoms with Crippen LogP contribution < -0.4 is 10.6 Å². The fourth-order valence-electron chi connectivity index (χ4n) is 2.68. The zero-order chi connectivity index (χ0) is 20.3. The molecular formula is C19H21N3O4S2. The highest BCUT2D eigenvalue weighted by molar-refractivity contribution is 8.01. The first kappa shape index (κ1) is 20.3. The van der Waals surface area contributed by atoms with Crippen LogP contribution in [0.25, 0.3) is 0 Å². The molecule has 3 rings (SSSR count). The summed E-state index contributed by atoms with van der Waals surface area (Å²) in [7, 11) is -3.67. The number of nitrogens with zero attached hydrogens (tertiary/aromatic N) is 1. The number of hydrogen-bond acceptors (Lipinski definition) is 6. The van der Waals surface area contributed by atoms with Crippen molar-refractivity contribution in [2.24, 2.45) is 0 Å². The molecule has 2 heterocycles. The van der Waals surface area contributed by atoms with Gasteiger partial charge in [-0.2, -0.15) is 0 Å². The number of aromatic nitrogens is 1. The second-order valence-corrected chi connectivity index (χ2v) is 9.85. The Morgan fingerprint density at radius 3 is 2.75 bits per heavy atom. The van der Waals surface area contributed by atoms with E-state index >= 15 is 0 Å². The van der Waals surface area contributed by atoms with Crippen LogP contribution in [0.4, 0.5) is 11.5 Å². The first-order chi connectivity index (χ1) is 13.3. The SMILES string of the molecule is CCC1Sc2ccc(S(=O)(=O)CCC(=O)Nc3ccc(C)cn3)cc2NC1=O. The minimum atomic E-state index is -3.67. The number of rotatable bonds is 6. The lowest BCUT2D eigenvalue weighted by molar-refractivity contribution is -0.116. The zero-order valence-corrected chi connectivity index (χ0v) is 17.2. The monoisotopic (exact) mass is 419 g/mol. The largest absolute Gasteiger partial charge is 0.324 e. The van der Waals surface area contributed by atoms with Crippen LogP contribution in [-0.4, -0.2) is 36.2 Å². The van der Waals surface area contributed by atoms with Gasteiger partial charge in [0, 0.05) is 17.5 Å². The smallest absolute Gasteiger partial charge is 0.237 e. The molecule has 2 amide bonds. The average molecular weight is 420 g/mol. The lowest BCUT2D eigenvalue weighted by Gasteiger charge is -2.23. The van der Waals surface area contributed by atoms with Crippen molar-refractivity contribution in [2.45, 2.75) is 41.7 Å². The summed E-state index contributed by atoms with van der Waals surface area (Å²) in [5.41, 5.74) is 1.46. The van der Waals surface area contributed by atoms with Crippen molar-refractivity contribution in [1.82, 2.24) is 4.98 Å². The highest BCUT2D eigenvalue weighted by Crippen LogP contribution is 2.38. The Kier molecular flexibility index (Phi) is 6.04. The Morgan fingerprint density at radius 1 is 1.29 bits per heavy atom. The van der Waals surface area contributed by atoms with E-state index < -0.39 is 15.7 Å². The van der Waals surface area contributed by atoms with Crippen molar-refractivity contribution in [3.8, 4) is 0 Å². The lowest BCUT2D eigenvalue weighted by atomic mass is 10.2. The average Bonchev–Trinajstić information content (AvgIpc) is 2.67. The highest BCUT2D eigenvalue weighted by Gasteiger charge is 2.27. The van der Waals surface area contributed by atoms with E-state index in [4.69, 9.17) is 0 Å². The van der Waals surface area contributed by atoms with Gasteiger partial charge in [-0.3, -0.25) is 9.59 Å². The lowest BCUT2D eigenvalue weighted by Crippen LogP contribution is -2.28. The third-order valence-corrected chi connectivity index (χ3v) is 7.43. The van der Waals surface area contributed by atoms with E-state index in [0.717, 1.165) is 10.5 Å². The van der Waals surface area contributed by atoms with E-state index in [1.54, 1.807) is 18.3 Å². The van der Waals surface area contributed by atoms with Crippen LogP contribution in [0.15, 0.2) is 46.3 Å². The van der Waals surface area contributed by atoms with Gasteiger partial charge in [0.1, 0.15) is 5.82 Å². The number of nitrogens with one attached hydrogen (secondary N) is 2. The number of benzene rings is 1. The molecule has 0 saturated carbocycles. The Hall–Kier alpha value is -2.39. The fraction of sp³-hybridized carbons (Fsp3) is 0.316. The zero-order valence-electron chi connectivity index (χ0n) is 15.6. The highest BCUT2D eigenvalue weighted by atomic mass is 32.2. The number of amides is 2. The van der Waals surface area contributed by atoms with Gasteiger partial charge in [0.2, 0.25) is 11.8 Å². The molecule has 148 valence electrons. The normalized spacial score (nSPS) is 16.2. The molecule has 7 nitrogen and oxygen atoms in total. The Labute approximate surface area is 168 Å². The second kappa shape index (κ2) is 8.32. The van der Waals surface area contributed by atoms with E-state index in [1.165, 1.54) is 23.9 Å². The summed E-state index contributed by atoms with van der Waals surface area (Å²) in [4.78, 5) is 29.1. The second-order valence-electron chi connectivity index (χ2n) is 6.50. The van der Waals surface area contributed by atoms with E-state index in [1.807, 2.05) is 19.9 Å². The summed E-state index contributed by atoms with van der Waals surface area (Å²) in [5.74, 6) is -0.499. The molecule has 1 aliphatic heterocycles. The molecule has 1 aliphatic rings. The summed E-state index contributed by atoms with van der Waals surface area (Å²) in [5, 5.41) is 5.18. The minimum Gasteiger partial charge on any atom is -0.324 e. The van der Waals surface area contributed by atoms with Gasteiger partial charge in [-0.1, -0.05) is 13.0 Å². The summed E-state index contributed by atoms with van der Waals surface area (Å²) in [6, 6.07) is 8.15. The van der Waals surface area contributed by atoms with Crippen molar-refractivity contribution < 1.29 is 18.0 Å². The molecule has 9 heteroatoms. The molecule has 2 aromatic rings. The van der Waals surface area contributed by atoms with Crippen LogP contribution in [0.5, 0.6) is 0 Å². The van der Waals surface area contributed by atoms with Crippen molar-refractivity contribution in [1.29, 1.82) is 0 Å². The maximum atomic E-state index is 12.6. The van der Waals surface area contributed by atoms with Crippen LogP contribution in [-0.2, 0) is 19.4 Å². The number of thioether (sulfide) groups is 1. The Balaban J connectivity index is 1.66. The standard InChI is InChI=1S/C19H21N3O4S2/c1-3-15-19(24)21-14-10-13(5-6-16(14)27-15)28(25,26)9-8-18(23)22-17-7-4-12(2)11-20-17/h4-7,10-11,15H,3,8-9H2,1-2H3,(H,21,24)(H,20,22,23). The van der Waals surface area contributed by atoms with Crippen molar-refractivity contribution in [3.63, 3.8) is 0 Å². The molecule has 0 fully saturated rings. The first-order valence-electron chi connectivity index (χ1n) is 8.85. The summed E-state index contributed by atoms with van der Waals surface area (Å²) < 4.78 is 25.2. The molecular weight excluding hydrogens is 398 g/mol. The van der Waals surface area contributed by atoms with Gasteiger partial charge in [0.05, 0.1) is 21.6 Å². The maximum Gasteiger partial charge on any atom is 0.237 e. The number of sulfone groups is 1. The third kappa shape index (κ3) is 4.71. The van der Waals surface area contributed by atoms with Crippen LogP contribution >= 0.6 is 11.8 Å². The van der Waals surface area contributed by atoms with Crippen molar-refractivity contribution >= 4 is 44.9 Å². The van der Waals surface area contributed by atoms with Crippen LogP contribution in [0.1, 0.15) is 25.3 Å². The molecule has 1 aromatic heterocycles. The molecule has 28 heavy (non-hydrogen) atoms. The first-order valence-corrected chi connectivity index (χ1v) is 11.4. The van der Waals surface area contributed by atoms with Crippen molar-refractivity contribution in [2.75, 3.05) is 16.4 Å². The van der Waals surface area contributed by atoms with E-state index in [0.29, 0.717) is 17.9 Å². The Bertz CT molecular complexity index is 1000. The topological polar surface area (TPSA) is 105 Å². The van der Waals surface area contributed by atoms with E-state index in [2.05, 4.69) is 15.6 Å². The van der Waals surface area contributed by atoms with Gasteiger partial charge in [0.25, 0.3) is 0 Å². The molecule has 1 atom stereocenters. The molecule has 0 spiro atoms. The number of hydrogen-bond donors (Lipinski definition) is 2. The summed E-state index contributed by atoms with van der Waals surface area (Å²) in [6.07, 6.45) is 2.13. The predicted molar refractivity (Wildman–Crippen MR) is 109 cm³/mol. The van der Waals surface area contributed by atoms with Crippen LogP contribution in [0.3, 0.4) is 0 Å². The van der Waals surface area contributed by atoms with Gasteiger partial charge < -0.3 is 10.6 Å². The van der Waals surface area contributed by atoms with E-state index in [9.17, 15) is 18.0 Å². The fourth-order valence-corrected chi connectivity index (χ4v) is 4.97. The summed E-state index contributed by atoms with van der Waals surface area (Å²) >= 11 is 1.43. The van der Waals surface area contributed by atoms with E-state index in [-0.39, 0.29) is 28.2 Å². The molecule has 1 unspecified atom stereocenters. The van der Waals surface area contributed by atoms with Gasteiger partial charge in [-0.05, 0) is 43.2 Å². The molecule has 0 saturated heterocycles. The number of pyridine rings is 1. The number of aryl methyl sites for hydroxylation is 1. The van der Waals surface area contributed by atoms with Gasteiger partial charge in [0.15, 0.2) is 9.84 Å². The molecule has 0 bridgehead atoms. The van der Waals surface area contributed by atoms with Crippen molar-refractivity contribution in [3.05, 3.63) is 42.1 Å². The quantitative estimate of drug-likeness (QED) is 0.746. The van der Waals surface area contributed by atoms with Gasteiger partial charge in [-0.25, -0.2) is 13.4 Å². The molecule has 0 aliphatic carbocycles. The third-order valence-electron chi connectivity index (χ3n) is 4.28. The number of carbonyl (C=O) groups is 2. The Morgan fingerprint density at radius 2 is 2.07 bits per heavy atom.